The normalized spacial score (nSPS) is 28.6. The van der Waals surface area contributed by atoms with Gasteiger partial charge in [-0.15, -0.1) is 11.8 Å². The first-order valence-electron chi connectivity index (χ1n) is 5.33. The smallest absolute Gasteiger partial charge is 0.0866 e. The zero-order valence-electron chi connectivity index (χ0n) is 8.89. The molecule has 15 heavy (non-hydrogen) atoms. The van der Waals surface area contributed by atoms with Crippen LogP contribution in [-0.2, 0) is 10.8 Å². The van der Waals surface area contributed by atoms with E-state index in [4.69, 9.17) is 0 Å². The number of rotatable bonds is 2. The molecule has 1 heterocycles. The quantitative estimate of drug-likeness (QED) is 0.790. The summed E-state index contributed by atoms with van der Waals surface area (Å²) in [6, 6.07) is 10.4. The molecule has 3 atom stereocenters. The molecule has 0 aromatic heterocycles. The Morgan fingerprint density at radius 3 is 2.80 bits per heavy atom. The summed E-state index contributed by atoms with van der Waals surface area (Å²) in [5, 5.41) is 0. The Hall–Kier alpha value is -0.280. The molecule has 1 aliphatic rings. The molecule has 1 unspecified atom stereocenters. The van der Waals surface area contributed by atoms with Gasteiger partial charge >= 0.3 is 0 Å². The molecule has 2 rings (SSSR count). The minimum atomic E-state index is -0.646. The average molecular weight is 240 g/mol. The van der Waals surface area contributed by atoms with Crippen molar-refractivity contribution in [3.63, 3.8) is 0 Å². The fourth-order valence-electron chi connectivity index (χ4n) is 1.88. The second-order valence-corrected chi connectivity index (χ2v) is 7.10. The van der Waals surface area contributed by atoms with E-state index in [1.807, 2.05) is 17.8 Å². The standard InChI is InChI=1S/C12H16OS2/c1-10(11-6-3-2-4-7-11)12-14-8-5-9-15(12)13/h2-4,6-7,10,12H,5,8-9H2,1H3/t10-,12-,15?/m0/s1. The first kappa shape index (κ1) is 11.2. The van der Waals surface area contributed by atoms with Gasteiger partial charge in [-0.05, 0) is 17.7 Å². The van der Waals surface area contributed by atoms with Crippen LogP contribution >= 0.6 is 11.8 Å². The second-order valence-electron chi connectivity index (χ2n) is 3.88. The van der Waals surface area contributed by atoms with Gasteiger partial charge in [0.1, 0.15) is 0 Å². The maximum atomic E-state index is 11.9. The topological polar surface area (TPSA) is 17.1 Å². The van der Waals surface area contributed by atoms with Crippen LogP contribution in [0, 0.1) is 0 Å². The van der Waals surface area contributed by atoms with E-state index in [9.17, 15) is 4.21 Å². The van der Waals surface area contributed by atoms with Crippen molar-refractivity contribution < 1.29 is 4.21 Å². The van der Waals surface area contributed by atoms with Crippen molar-refractivity contribution in [2.45, 2.75) is 23.8 Å². The highest BCUT2D eigenvalue weighted by atomic mass is 32.2. The molecule has 3 heteroatoms. The van der Waals surface area contributed by atoms with Crippen molar-refractivity contribution in [3.8, 4) is 0 Å². The summed E-state index contributed by atoms with van der Waals surface area (Å²) in [5.74, 6) is 2.44. The Kier molecular flexibility index (Phi) is 3.87. The van der Waals surface area contributed by atoms with Crippen LogP contribution in [0.25, 0.3) is 0 Å². The third-order valence-corrected chi connectivity index (χ3v) is 6.70. The molecule has 1 aliphatic heterocycles. The fraction of sp³-hybridized carbons (Fsp3) is 0.500. The van der Waals surface area contributed by atoms with Crippen LogP contribution < -0.4 is 0 Å². The van der Waals surface area contributed by atoms with Crippen LogP contribution in [0.1, 0.15) is 24.8 Å². The van der Waals surface area contributed by atoms with E-state index in [0.717, 1.165) is 17.9 Å². The molecule has 1 saturated heterocycles. The molecule has 1 nitrogen and oxygen atoms in total. The highest BCUT2D eigenvalue weighted by Crippen LogP contribution is 2.34. The largest absolute Gasteiger partial charge is 0.258 e. The van der Waals surface area contributed by atoms with Crippen LogP contribution in [0.5, 0.6) is 0 Å². The number of hydrogen-bond acceptors (Lipinski definition) is 2. The van der Waals surface area contributed by atoms with E-state index in [0.29, 0.717) is 10.5 Å². The summed E-state index contributed by atoms with van der Waals surface area (Å²) in [6.07, 6.45) is 1.11. The molecule has 1 aromatic rings. The molecular formula is C12H16OS2. The maximum absolute atomic E-state index is 11.9. The van der Waals surface area contributed by atoms with E-state index in [1.54, 1.807) is 0 Å². The fourth-order valence-corrected chi connectivity index (χ4v) is 5.51. The summed E-state index contributed by atoms with van der Waals surface area (Å²) < 4.78 is 12.2. The minimum absolute atomic E-state index is 0.293. The van der Waals surface area contributed by atoms with Crippen molar-refractivity contribution >= 4 is 22.6 Å². The zero-order chi connectivity index (χ0) is 10.7. The van der Waals surface area contributed by atoms with E-state index < -0.39 is 10.8 Å². The number of thioether (sulfide) groups is 1. The summed E-state index contributed by atoms with van der Waals surface area (Å²) in [7, 11) is -0.646. The van der Waals surface area contributed by atoms with Gasteiger partial charge in [-0.1, -0.05) is 37.3 Å². The third-order valence-electron chi connectivity index (χ3n) is 2.76. The SMILES string of the molecule is C[C@@H](c1ccccc1)[C@H]1SCCCS1=O. The zero-order valence-corrected chi connectivity index (χ0v) is 10.5. The molecule has 82 valence electrons. The maximum Gasteiger partial charge on any atom is 0.0866 e. The van der Waals surface area contributed by atoms with E-state index >= 15 is 0 Å². The van der Waals surface area contributed by atoms with Gasteiger partial charge in [-0.2, -0.15) is 0 Å². The molecule has 0 N–H and O–H groups in total. The molecule has 0 radical (unpaired) electrons. The first-order chi connectivity index (χ1) is 7.29. The lowest BCUT2D eigenvalue weighted by molar-refractivity contribution is 0.670. The predicted octanol–water partition coefficient (Wildman–Crippen LogP) is 3.00. The lowest BCUT2D eigenvalue weighted by Gasteiger charge is -2.26. The van der Waals surface area contributed by atoms with Crippen LogP contribution in [0.3, 0.4) is 0 Å². The van der Waals surface area contributed by atoms with Crippen molar-refractivity contribution in [3.05, 3.63) is 35.9 Å². The Labute approximate surface area is 98.1 Å². The highest BCUT2D eigenvalue weighted by molar-refractivity contribution is 8.11. The Morgan fingerprint density at radius 1 is 1.40 bits per heavy atom. The van der Waals surface area contributed by atoms with Crippen molar-refractivity contribution in [2.75, 3.05) is 11.5 Å². The van der Waals surface area contributed by atoms with Crippen molar-refractivity contribution in [1.29, 1.82) is 0 Å². The monoisotopic (exact) mass is 240 g/mol. The summed E-state index contributed by atoms with van der Waals surface area (Å²) in [6.45, 7) is 2.19. The van der Waals surface area contributed by atoms with Gasteiger partial charge in [0.05, 0.1) is 4.58 Å². The van der Waals surface area contributed by atoms with E-state index in [1.165, 1.54) is 5.56 Å². The van der Waals surface area contributed by atoms with Crippen LogP contribution in [0.15, 0.2) is 30.3 Å². The minimum Gasteiger partial charge on any atom is -0.258 e. The lowest BCUT2D eigenvalue weighted by atomic mass is 10.0. The first-order valence-corrected chi connectivity index (χ1v) is 7.76. The van der Waals surface area contributed by atoms with E-state index in [-0.39, 0.29) is 0 Å². The highest BCUT2D eigenvalue weighted by Gasteiger charge is 2.27. The van der Waals surface area contributed by atoms with Gasteiger partial charge in [0.2, 0.25) is 0 Å². The lowest BCUT2D eigenvalue weighted by Crippen LogP contribution is -2.25. The Bertz CT molecular complexity index is 337. The Morgan fingerprint density at radius 2 is 2.13 bits per heavy atom. The van der Waals surface area contributed by atoms with Gasteiger partial charge < -0.3 is 0 Å². The van der Waals surface area contributed by atoms with Crippen molar-refractivity contribution in [1.82, 2.24) is 0 Å². The molecule has 0 spiro atoms. The summed E-state index contributed by atoms with van der Waals surface area (Å²) in [5.41, 5.74) is 1.31. The molecular weight excluding hydrogens is 224 g/mol. The second kappa shape index (κ2) is 5.17. The van der Waals surface area contributed by atoms with Gasteiger partial charge in [0.15, 0.2) is 0 Å². The summed E-state index contributed by atoms with van der Waals surface area (Å²) in [4.78, 5) is 0. The molecule has 0 aliphatic carbocycles. The number of hydrogen-bond donors (Lipinski definition) is 0. The molecule has 0 saturated carbocycles. The summed E-state index contributed by atoms with van der Waals surface area (Å²) >= 11 is 1.87. The van der Waals surface area contributed by atoms with Crippen LogP contribution in [-0.4, -0.2) is 20.3 Å². The third kappa shape index (κ3) is 2.64. The predicted molar refractivity (Wildman–Crippen MR) is 68.7 cm³/mol. The molecule has 0 bridgehead atoms. The molecule has 1 aromatic carbocycles. The van der Waals surface area contributed by atoms with Gasteiger partial charge in [-0.25, -0.2) is 0 Å². The van der Waals surface area contributed by atoms with Crippen LogP contribution in [0.4, 0.5) is 0 Å². The van der Waals surface area contributed by atoms with E-state index in [2.05, 4.69) is 31.2 Å². The van der Waals surface area contributed by atoms with Crippen molar-refractivity contribution in [2.24, 2.45) is 0 Å². The molecule has 0 amide bonds. The van der Waals surface area contributed by atoms with Gasteiger partial charge in [-0.3, -0.25) is 4.21 Å². The molecule has 1 fully saturated rings. The van der Waals surface area contributed by atoms with Crippen LogP contribution in [0.2, 0.25) is 0 Å². The Balaban J connectivity index is 2.13. The average Bonchev–Trinajstić information content (AvgIpc) is 2.30. The van der Waals surface area contributed by atoms with Gasteiger partial charge in [0.25, 0.3) is 0 Å². The van der Waals surface area contributed by atoms with Gasteiger partial charge in [0, 0.05) is 22.5 Å². The number of benzene rings is 1.